The molecule has 4 aromatic heterocycles. The molecule has 3 aliphatic heterocycles. The van der Waals surface area contributed by atoms with E-state index in [0.717, 1.165) is 0 Å². The molecule has 0 aliphatic carbocycles. The fourth-order valence-electron chi connectivity index (χ4n) is 5.55. The van der Waals surface area contributed by atoms with Gasteiger partial charge in [-0.05, 0) is 11.8 Å². The SMILES string of the molecule is Nc1ncnc2c1ncn2[C@@H]1O[C@@H]2COP(O)(=S)O[C@@H]3[C@H](O)[C@@H](COP(=O)(S)O[C@H]2[C@H]1CF)O[C@H]3n1cnc2c(=O)[nH]ncc21. The fourth-order valence-corrected chi connectivity index (χ4v) is 8.48. The van der Waals surface area contributed by atoms with Gasteiger partial charge < -0.3 is 29.7 Å². The van der Waals surface area contributed by atoms with E-state index in [1.807, 2.05) is 0 Å². The smallest absolute Gasteiger partial charge is 0.386 e. The minimum absolute atomic E-state index is 0.0186. The lowest BCUT2D eigenvalue weighted by Crippen LogP contribution is -2.35. The number of aliphatic hydroxyl groups excluding tert-OH is 1. The van der Waals surface area contributed by atoms with Crippen molar-refractivity contribution in [2.24, 2.45) is 5.92 Å². The van der Waals surface area contributed by atoms with Crippen LogP contribution in [-0.4, -0.2) is 99.7 Å². The van der Waals surface area contributed by atoms with Crippen molar-refractivity contribution >= 4 is 65.6 Å². The zero-order valence-corrected chi connectivity index (χ0v) is 26.0. The first kappa shape index (κ1) is 31.2. The van der Waals surface area contributed by atoms with Crippen LogP contribution in [-0.2, 0) is 43.9 Å². The Hall–Kier alpha value is -2.46. The van der Waals surface area contributed by atoms with Crippen LogP contribution < -0.4 is 11.3 Å². The summed E-state index contributed by atoms with van der Waals surface area (Å²) in [4.78, 5) is 39.6. The van der Waals surface area contributed by atoms with Crippen LogP contribution in [0.25, 0.3) is 22.2 Å². The zero-order valence-electron chi connectivity index (χ0n) is 22.5. The number of nitrogens with one attached hydrogen (secondary N) is 1. The number of fused-ring (bicyclic) bond motifs is 5. The first-order valence-electron chi connectivity index (χ1n) is 13.2. The highest BCUT2D eigenvalue weighted by atomic mass is 32.7. The molecule has 19 nitrogen and oxygen atoms in total. The zero-order chi connectivity index (χ0) is 31.7. The summed E-state index contributed by atoms with van der Waals surface area (Å²) >= 11 is 9.35. The molecular weight excluding hydrogens is 683 g/mol. The first-order valence-corrected chi connectivity index (χ1v) is 18.4. The number of anilines is 1. The van der Waals surface area contributed by atoms with Crippen molar-refractivity contribution in [2.75, 3.05) is 25.6 Å². The van der Waals surface area contributed by atoms with Gasteiger partial charge in [-0.1, -0.05) is 12.2 Å². The van der Waals surface area contributed by atoms with Crippen molar-refractivity contribution in [1.82, 2.24) is 39.3 Å². The molecule has 24 heteroatoms. The van der Waals surface area contributed by atoms with Crippen LogP contribution >= 0.6 is 25.8 Å². The number of aliphatic hydroxyl groups is 1. The van der Waals surface area contributed by atoms with Gasteiger partial charge in [0.15, 0.2) is 23.2 Å². The Labute approximate surface area is 261 Å². The molecule has 2 unspecified atom stereocenters. The Balaban J connectivity index is 1.22. The molecule has 7 rings (SSSR count). The van der Waals surface area contributed by atoms with Gasteiger partial charge in [0.2, 0.25) is 0 Å². The predicted octanol–water partition coefficient (Wildman–Crippen LogP) is 0.355. The van der Waals surface area contributed by atoms with Gasteiger partial charge in [0.1, 0.15) is 48.6 Å². The Kier molecular flexibility index (Phi) is 8.07. The van der Waals surface area contributed by atoms with Gasteiger partial charge in [-0.25, -0.2) is 29.6 Å². The second-order valence-electron chi connectivity index (χ2n) is 10.3. The van der Waals surface area contributed by atoms with Crippen molar-refractivity contribution in [1.29, 1.82) is 0 Å². The van der Waals surface area contributed by atoms with E-state index in [9.17, 15) is 23.7 Å². The van der Waals surface area contributed by atoms with E-state index in [1.165, 1.54) is 34.3 Å². The van der Waals surface area contributed by atoms with Crippen LogP contribution in [0.15, 0.2) is 30.0 Å². The molecule has 7 heterocycles. The lowest BCUT2D eigenvalue weighted by atomic mass is 10.0. The number of aromatic nitrogens is 8. The van der Waals surface area contributed by atoms with Crippen molar-refractivity contribution in [3.8, 4) is 0 Å². The van der Waals surface area contributed by atoms with E-state index in [2.05, 4.69) is 42.4 Å². The van der Waals surface area contributed by atoms with E-state index in [0.29, 0.717) is 0 Å². The summed E-state index contributed by atoms with van der Waals surface area (Å²) in [5, 5.41) is 17.2. The van der Waals surface area contributed by atoms with Gasteiger partial charge in [0, 0.05) is 0 Å². The summed E-state index contributed by atoms with van der Waals surface area (Å²) in [6.07, 6.45) is -3.94. The number of ether oxygens (including phenoxy) is 2. The number of nitrogens with two attached hydrogens (primary N) is 1. The third-order valence-electron chi connectivity index (χ3n) is 7.61. The molecule has 0 aromatic carbocycles. The molecule has 10 atom stereocenters. The Morgan fingerprint density at radius 3 is 2.60 bits per heavy atom. The number of nitrogens with zero attached hydrogens (tertiary/aromatic N) is 7. The molecule has 3 aliphatic rings. The van der Waals surface area contributed by atoms with Gasteiger partial charge in [0.25, 0.3) is 5.56 Å². The van der Waals surface area contributed by atoms with Crippen molar-refractivity contribution in [3.05, 3.63) is 35.5 Å². The van der Waals surface area contributed by atoms with E-state index < -0.39 is 87.9 Å². The monoisotopic (exact) mass is 707 g/mol. The summed E-state index contributed by atoms with van der Waals surface area (Å²) in [5.74, 6) is -1.04. The third-order valence-corrected chi connectivity index (χ3v) is 10.8. The van der Waals surface area contributed by atoms with E-state index in [-0.39, 0.29) is 28.0 Å². The lowest BCUT2D eigenvalue weighted by molar-refractivity contribution is -0.0585. The number of thiol groups is 1. The molecule has 5 N–H and O–H groups in total. The van der Waals surface area contributed by atoms with Crippen molar-refractivity contribution in [2.45, 2.75) is 43.0 Å². The van der Waals surface area contributed by atoms with Crippen LogP contribution in [0, 0.1) is 5.92 Å². The summed E-state index contributed by atoms with van der Waals surface area (Å²) in [6.45, 7) is -10.7. The van der Waals surface area contributed by atoms with Crippen LogP contribution in [0.5, 0.6) is 0 Å². The van der Waals surface area contributed by atoms with Gasteiger partial charge in [0.05, 0.1) is 50.2 Å². The average molecular weight is 708 g/mol. The number of hydrogen-bond donors (Lipinski definition) is 5. The number of halogens is 1. The minimum Gasteiger partial charge on any atom is -0.387 e. The molecule has 3 fully saturated rings. The highest BCUT2D eigenvalue weighted by Crippen LogP contribution is 2.59. The minimum atomic E-state index is -4.31. The van der Waals surface area contributed by atoms with Gasteiger partial charge in [-0.3, -0.25) is 31.9 Å². The van der Waals surface area contributed by atoms with E-state index in [4.69, 9.17) is 45.1 Å². The summed E-state index contributed by atoms with van der Waals surface area (Å²) in [6, 6.07) is 0. The number of nitrogen functional groups attached to an aromatic ring is 1. The summed E-state index contributed by atoms with van der Waals surface area (Å²) < 4.78 is 65.6. The molecule has 0 amide bonds. The van der Waals surface area contributed by atoms with Crippen molar-refractivity contribution < 1.29 is 46.5 Å². The molecule has 0 radical (unpaired) electrons. The average Bonchev–Trinajstić information content (AvgIpc) is 3.75. The quantitative estimate of drug-likeness (QED) is 0.142. The number of H-pyrrole nitrogens is 1. The fraction of sp³-hybridized carbons (Fsp3) is 0.524. The summed E-state index contributed by atoms with van der Waals surface area (Å²) in [5.41, 5.74) is 6.03. The number of rotatable bonds is 3. The molecular formula is C21H24FN9O10P2S2. The van der Waals surface area contributed by atoms with Crippen LogP contribution in [0.1, 0.15) is 12.5 Å². The number of hydrogen-bond acceptors (Lipinski definition) is 16. The Bertz CT molecular complexity index is 1920. The predicted molar refractivity (Wildman–Crippen MR) is 156 cm³/mol. The Morgan fingerprint density at radius 2 is 1.80 bits per heavy atom. The Morgan fingerprint density at radius 1 is 1.07 bits per heavy atom. The lowest BCUT2D eigenvalue weighted by Gasteiger charge is -2.28. The molecule has 2 bridgehead atoms. The summed E-state index contributed by atoms with van der Waals surface area (Å²) in [7, 11) is 0. The molecule has 45 heavy (non-hydrogen) atoms. The van der Waals surface area contributed by atoms with Crippen LogP contribution in [0.4, 0.5) is 10.2 Å². The topological polar surface area (TPSA) is 246 Å². The van der Waals surface area contributed by atoms with Gasteiger partial charge in [-0.15, -0.1) is 0 Å². The normalized spacial score (nSPS) is 37.7. The molecule has 0 spiro atoms. The van der Waals surface area contributed by atoms with Gasteiger partial charge >= 0.3 is 13.5 Å². The van der Waals surface area contributed by atoms with Gasteiger partial charge in [-0.2, -0.15) is 5.10 Å². The van der Waals surface area contributed by atoms with Crippen molar-refractivity contribution in [3.63, 3.8) is 0 Å². The largest absolute Gasteiger partial charge is 0.387 e. The molecule has 0 saturated carbocycles. The van der Waals surface area contributed by atoms with Crippen LogP contribution in [0.2, 0.25) is 0 Å². The number of alkyl halides is 1. The molecule has 242 valence electrons. The molecule has 3 saturated heterocycles. The second kappa shape index (κ2) is 11.7. The number of aromatic amines is 1. The maximum atomic E-state index is 14.7. The number of imidazole rings is 2. The first-order chi connectivity index (χ1) is 21.5. The van der Waals surface area contributed by atoms with E-state index in [1.54, 1.807) is 0 Å². The third kappa shape index (κ3) is 5.62. The maximum absolute atomic E-state index is 14.7. The highest BCUT2D eigenvalue weighted by Gasteiger charge is 2.53. The maximum Gasteiger partial charge on any atom is 0.386 e. The van der Waals surface area contributed by atoms with E-state index >= 15 is 0 Å². The standard InChI is InChI=1S/C21H24FN9O10P2S2/c22-1-8-15-11(39-20(8)31-7-27-13-17(23)24-5-25-18(13)31)4-37-43(35,45)41-16-14(32)10(3-36-42(34,44)40-15)38-21(16)30-6-26-12-9(30)2-28-29-19(12)33/h2,5-8,10-11,14-16,20-21,32H,1,3-4H2,(H,29,33)(H,34,44)(H,35,45)(H2,23,24,25)/t8-,10-,11-,14-,15+,16-,20-,21-,42?,43?/m1/s1. The van der Waals surface area contributed by atoms with Crippen LogP contribution in [0.3, 0.4) is 0 Å². The molecule has 4 aromatic rings. The highest BCUT2D eigenvalue weighted by molar-refractivity contribution is 8.44. The second-order valence-corrected chi connectivity index (χ2v) is 15.9.